The van der Waals surface area contributed by atoms with Gasteiger partial charge >= 0.3 is 0 Å². The highest BCUT2D eigenvalue weighted by atomic mass is 35.5. The maximum absolute atomic E-state index is 11.1. The van der Waals surface area contributed by atoms with Crippen molar-refractivity contribution in [1.82, 2.24) is 5.32 Å². The van der Waals surface area contributed by atoms with Crippen LogP contribution < -0.4 is 10.1 Å². The molecule has 88 valence electrons. The lowest BCUT2D eigenvalue weighted by molar-refractivity contribution is -0.121. The fraction of sp³-hybridized carbons (Fsp3) is 0.364. The number of benzene rings is 1. The van der Waals surface area contributed by atoms with Crippen LogP contribution >= 0.6 is 11.6 Å². The normalized spacial score (nSPS) is 9.88. The second-order valence-corrected chi connectivity index (χ2v) is 3.51. The summed E-state index contributed by atoms with van der Waals surface area (Å²) in [5, 5.41) is 11.5. The topological polar surface area (TPSA) is 58.6 Å². The quantitative estimate of drug-likeness (QED) is 0.790. The minimum absolute atomic E-state index is 0.0584. The summed E-state index contributed by atoms with van der Waals surface area (Å²) in [6, 6.07) is 7.09. The Morgan fingerprint density at radius 3 is 2.88 bits per heavy atom. The van der Waals surface area contributed by atoms with E-state index in [2.05, 4.69) is 5.32 Å². The van der Waals surface area contributed by atoms with Crippen LogP contribution in [-0.4, -0.2) is 30.8 Å². The molecule has 0 aliphatic rings. The number of hydrogen-bond acceptors (Lipinski definition) is 3. The van der Waals surface area contributed by atoms with E-state index in [1.165, 1.54) is 0 Å². The number of halogens is 1. The molecular weight excluding hydrogens is 230 g/mol. The van der Waals surface area contributed by atoms with Gasteiger partial charge in [0.25, 0.3) is 0 Å². The molecule has 0 atom stereocenters. The molecule has 0 heterocycles. The highest BCUT2D eigenvalue weighted by Crippen LogP contribution is 2.22. The summed E-state index contributed by atoms with van der Waals surface area (Å²) in [7, 11) is 0. The van der Waals surface area contributed by atoms with Gasteiger partial charge in [0.05, 0.1) is 24.7 Å². The second kappa shape index (κ2) is 7.09. The van der Waals surface area contributed by atoms with Gasteiger partial charge in [-0.05, 0) is 12.1 Å². The molecule has 1 aromatic carbocycles. The van der Waals surface area contributed by atoms with Crippen LogP contribution in [0.2, 0.25) is 5.02 Å². The lowest BCUT2D eigenvalue weighted by Gasteiger charge is -2.07. The Balaban J connectivity index is 2.25. The molecule has 1 rings (SSSR count). The predicted molar refractivity (Wildman–Crippen MR) is 61.7 cm³/mol. The smallest absolute Gasteiger partial charge is 0.223 e. The number of amides is 1. The van der Waals surface area contributed by atoms with Crippen molar-refractivity contribution in [1.29, 1.82) is 0 Å². The van der Waals surface area contributed by atoms with Gasteiger partial charge in [-0.1, -0.05) is 23.7 Å². The van der Waals surface area contributed by atoms with E-state index in [1.807, 2.05) is 12.1 Å². The molecule has 0 saturated carbocycles. The van der Waals surface area contributed by atoms with Crippen molar-refractivity contribution in [2.45, 2.75) is 6.42 Å². The molecule has 16 heavy (non-hydrogen) atoms. The summed E-state index contributed by atoms with van der Waals surface area (Å²) in [5.74, 6) is 0.417. The number of carbonyl (C=O) groups is 1. The first kappa shape index (κ1) is 12.8. The van der Waals surface area contributed by atoms with Gasteiger partial charge in [0.2, 0.25) is 5.91 Å². The fourth-order valence-electron chi connectivity index (χ4n) is 1.10. The number of aliphatic hydroxyl groups excluding tert-OH is 1. The van der Waals surface area contributed by atoms with E-state index in [-0.39, 0.29) is 32.1 Å². The lowest BCUT2D eigenvalue weighted by Crippen LogP contribution is -2.27. The van der Waals surface area contributed by atoms with Crippen molar-refractivity contribution in [3.05, 3.63) is 29.3 Å². The number of nitrogens with one attached hydrogen (secondary N) is 1. The Hall–Kier alpha value is -1.26. The van der Waals surface area contributed by atoms with Crippen molar-refractivity contribution in [3.8, 4) is 5.75 Å². The average molecular weight is 244 g/mol. The molecule has 2 N–H and O–H groups in total. The standard InChI is InChI=1S/C11H14ClNO3/c12-9-3-1-2-4-10(9)16-8-5-11(15)13-6-7-14/h1-4,14H,5-8H2,(H,13,15). The Labute approximate surface area is 99.2 Å². The monoisotopic (exact) mass is 243 g/mol. The summed E-state index contributed by atoms with van der Waals surface area (Å²) >= 11 is 5.86. The molecule has 0 spiro atoms. The largest absolute Gasteiger partial charge is 0.491 e. The minimum atomic E-state index is -0.152. The van der Waals surface area contributed by atoms with Gasteiger partial charge in [-0.25, -0.2) is 0 Å². The van der Waals surface area contributed by atoms with Crippen LogP contribution in [0.1, 0.15) is 6.42 Å². The molecule has 1 amide bonds. The summed E-state index contributed by atoms with van der Waals surface area (Å²) in [6.45, 7) is 0.475. The minimum Gasteiger partial charge on any atom is -0.491 e. The number of aliphatic hydroxyl groups is 1. The van der Waals surface area contributed by atoms with Gasteiger partial charge in [-0.2, -0.15) is 0 Å². The molecule has 5 heteroatoms. The van der Waals surface area contributed by atoms with Crippen molar-refractivity contribution < 1.29 is 14.6 Å². The third-order valence-corrected chi connectivity index (χ3v) is 2.17. The van der Waals surface area contributed by atoms with Gasteiger partial charge in [0, 0.05) is 6.54 Å². The lowest BCUT2D eigenvalue weighted by atomic mass is 10.3. The van der Waals surface area contributed by atoms with Gasteiger partial charge in [0.1, 0.15) is 5.75 Å². The van der Waals surface area contributed by atoms with Crippen LogP contribution in [0.4, 0.5) is 0 Å². The van der Waals surface area contributed by atoms with Crippen LogP contribution in [-0.2, 0) is 4.79 Å². The molecule has 1 aromatic rings. The number of para-hydroxylation sites is 1. The zero-order valence-corrected chi connectivity index (χ0v) is 9.54. The van der Waals surface area contributed by atoms with Crippen molar-refractivity contribution in [3.63, 3.8) is 0 Å². The van der Waals surface area contributed by atoms with E-state index in [1.54, 1.807) is 12.1 Å². The Morgan fingerprint density at radius 1 is 1.44 bits per heavy atom. The van der Waals surface area contributed by atoms with E-state index in [4.69, 9.17) is 21.4 Å². The maximum atomic E-state index is 11.1. The molecule has 0 aromatic heterocycles. The number of rotatable bonds is 6. The second-order valence-electron chi connectivity index (χ2n) is 3.10. The SMILES string of the molecule is O=C(CCOc1ccccc1Cl)NCCO. The molecule has 0 fully saturated rings. The Kier molecular flexibility index (Phi) is 5.67. The van der Waals surface area contributed by atoms with Crippen molar-refractivity contribution in [2.24, 2.45) is 0 Å². The Bertz CT molecular complexity index is 344. The predicted octanol–water partition coefficient (Wildman–Crippen LogP) is 1.22. The zero-order valence-electron chi connectivity index (χ0n) is 8.78. The molecular formula is C11H14ClNO3. The van der Waals surface area contributed by atoms with Crippen LogP contribution in [0.25, 0.3) is 0 Å². The molecule has 0 aliphatic heterocycles. The first-order valence-corrected chi connectivity index (χ1v) is 5.36. The average Bonchev–Trinajstić information content (AvgIpc) is 2.29. The highest BCUT2D eigenvalue weighted by Gasteiger charge is 2.02. The summed E-state index contributed by atoms with van der Waals surface area (Å²) in [4.78, 5) is 11.1. The van der Waals surface area contributed by atoms with E-state index >= 15 is 0 Å². The van der Waals surface area contributed by atoms with E-state index in [9.17, 15) is 4.79 Å². The van der Waals surface area contributed by atoms with Gasteiger partial charge in [-0.3, -0.25) is 4.79 Å². The van der Waals surface area contributed by atoms with Crippen LogP contribution in [0, 0.1) is 0 Å². The van der Waals surface area contributed by atoms with E-state index < -0.39 is 0 Å². The third-order valence-electron chi connectivity index (χ3n) is 1.86. The molecule has 0 unspecified atom stereocenters. The summed E-state index contributed by atoms with van der Waals surface area (Å²) in [5.41, 5.74) is 0. The van der Waals surface area contributed by atoms with Gasteiger partial charge < -0.3 is 15.2 Å². The first-order valence-electron chi connectivity index (χ1n) is 4.99. The van der Waals surface area contributed by atoms with Crippen LogP contribution in [0.5, 0.6) is 5.75 Å². The maximum Gasteiger partial charge on any atom is 0.223 e. The molecule has 0 saturated heterocycles. The summed E-state index contributed by atoms with van der Waals surface area (Å²) < 4.78 is 5.33. The van der Waals surface area contributed by atoms with Gasteiger partial charge in [0.15, 0.2) is 0 Å². The highest BCUT2D eigenvalue weighted by molar-refractivity contribution is 6.32. The van der Waals surface area contributed by atoms with E-state index in [0.717, 1.165) is 0 Å². The first-order chi connectivity index (χ1) is 7.74. The molecule has 0 bridgehead atoms. The van der Waals surface area contributed by atoms with Crippen LogP contribution in [0.15, 0.2) is 24.3 Å². The number of ether oxygens (including phenoxy) is 1. The fourth-order valence-corrected chi connectivity index (χ4v) is 1.29. The van der Waals surface area contributed by atoms with Crippen molar-refractivity contribution in [2.75, 3.05) is 19.8 Å². The number of carbonyl (C=O) groups excluding carboxylic acids is 1. The number of hydrogen-bond donors (Lipinski definition) is 2. The summed E-state index contributed by atoms with van der Waals surface area (Å²) in [6.07, 6.45) is 0.241. The zero-order chi connectivity index (χ0) is 11.8. The van der Waals surface area contributed by atoms with Crippen molar-refractivity contribution >= 4 is 17.5 Å². The Morgan fingerprint density at radius 2 is 2.19 bits per heavy atom. The molecule has 0 radical (unpaired) electrons. The van der Waals surface area contributed by atoms with Crippen LogP contribution in [0.3, 0.4) is 0 Å². The van der Waals surface area contributed by atoms with E-state index in [0.29, 0.717) is 10.8 Å². The van der Waals surface area contributed by atoms with Gasteiger partial charge in [-0.15, -0.1) is 0 Å². The molecule has 4 nitrogen and oxygen atoms in total. The third kappa shape index (κ3) is 4.51. The molecule has 0 aliphatic carbocycles.